The zero-order valence-electron chi connectivity index (χ0n) is 20.0. The van der Waals surface area contributed by atoms with Crippen molar-refractivity contribution in [3.8, 4) is 11.5 Å². The number of aromatic hydroxyl groups is 1. The molecule has 2 aromatic carbocycles. The lowest BCUT2D eigenvalue weighted by atomic mass is 9.78. The molecule has 0 unspecified atom stereocenters. The molecular weight excluding hydrogens is 388 g/mol. The van der Waals surface area contributed by atoms with Gasteiger partial charge in [-0.1, -0.05) is 65.8 Å². The lowest BCUT2D eigenvalue weighted by Crippen LogP contribution is -2.37. The van der Waals surface area contributed by atoms with Gasteiger partial charge in [0.2, 0.25) is 0 Å². The van der Waals surface area contributed by atoms with Crippen molar-refractivity contribution in [3.63, 3.8) is 0 Å². The standard InChI is InChI=1S/C27H36O4/c1-25(2,3)21-16-19(17-22(23(21)28)26(4,5)6)11-9-10-18-12-14-20(15-13-18)31-27(7,8)24(29)30/h9,11-17,28H,10H2,1-8H3,(H,29,30). The maximum Gasteiger partial charge on any atom is 0.347 e. The second kappa shape index (κ2) is 8.78. The molecule has 0 aliphatic rings. The molecule has 0 aromatic heterocycles. The number of aliphatic carboxylic acids is 1. The topological polar surface area (TPSA) is 66.8 Å². The van der Waals surface area contributed by atoms with Crippen LogP contribution in [0, 0.1) is 0 Å². The molecule has 31 heavy (non-hydrogen) atoms. The van der Waals surface area contributed by atoms with E-state index in [1.807, 2.05) is 12.1 Å². The van der Waals surface area contributed by atoms with Gasteiger partial charge in [-0.25, -0.2) is 4.79 Å². The lowest BCUT2D eigenvalue weighted by molar-refractivity contribution is -0.152. The van der Waals surface area contributed by atoms with Crippen molar-refractivity contribution in [1.29, 1.82) is 0 Å². The molecular formula is C27H36O4. The van der Waals surface area contributed by atoms with E-state index in [1.54, 1.807) is 12.1 Å². The maximum atomic E-state index is 11.2. The van der Waals surface area contributed by atoms with Gasteiger partial charge in [0.1, 0.15) is 11.5 Å². The third-order valence-electron chi connectivity index (χ3n) is 5.22. The smallest absolute Gasteiger partial charge is 0.347 e. The Hall–Kier alpha value is -2.75. The van der Waals surface area contributed by atoms with Crippen LogP contribution >= 0.6 is 0 Å². The molecule has 0 saturated heterocycles. The van der Waals surface area contributed by atoms with Gasteiger partial charge in [0, 0.05) is 11.1 Å². The highest BCUT2D eigenvalue weighted by Crippen LogP contribution is 2.40. The number of hydrogen-bond donors (Lipinski definition) is 2. The molecule has 2 N–H and O–H groups in total. The van der Waals surface area contributed by atoms with Crippen LogP contribution in [0.15, 0.2) is 42.5 Å². The number of phenolic OH excluding ortho intramolecular Hbond substituents is 1. The normalized spacial score (nSPS) is 12.9. The summed E-state index contributed by atoms with van der Waals surface area (Å²) in [5.74, 6) is -0.0852. The Morgan fingerprint density at radius 3 is 1.81 bits per heavy atom. The molecule has 0 fully saturated rings. The number of allylic oxidation sites excluding steroid dienone is 1. The van der Waals surface area contributed by atoms with Gasteiger partial charge in [0.15, 0.2) is 5.60 Å². The van der Waals surface area contributed by atoms with Gasteiger partial charge in [-0.05, 0) is 66.5 Å². The number of carboxylic acids is 1. The monoisotopic (exact) mass is 424 g/mol. The Morgan fingerprint density at radius 2 is 1.39 bits per heavy atom. The fourth-order valence-corrected chi connectivity index (χ4v) is 3.26. The first-order chi connectivity index (χ1) is 14.1. The summed E-state index contributed by atoms with van der Waals surface area (Å²) < 4.78 is 5.55. The van der Waals surface area contributed by atoms with Crippen LogP contribution in [0.5, 0.6) is 11.5 Å². The Bertz CT molecular complexity index is 917. The van der Waals surface area contributed by atoms with Crippen molar-refractivity contribution in [2.75, 3.05) is 0 Å². The summed E-state index contributed by atoms with van der Waals surface area (Å²) in [6.07, 6.45) is 4.92. The van der Waals surface area contributed by atoms with E-state index in [4.69, 9.17) is 4.74 Å². The molecule has 2 aromatic rings. The second-order valence-corrected chi connectivity index (χ2v) is 10.6. The zero-order chi connectivity index (χ0) is 23.6. The predicted octanol–water partition coefficient (Wildman–Crippen LogP) is 6.49. The number of carbonyl (C=O) groups is 1. The number of benzene rings is 2. The van der Waals surface area contributed by atoms with Crippen LogP contribution in [-0.4, -0.2) is 21.8 Å². The number of carboxylic acid groups (broad SMARTS) is 1. The SMILES string of the molecule is CC(C)(Oc1ccc(CC=Cc2cc(C(C)(C)C)c(O)c(C(C)(C)C)c2)cc1)C(=O)O. The maximum absolute atomic E-state index is 11.2. The second-order valence-electron chi connectivity index (χ2n) is 10.6. The van der Waals surface area contributed by atoms with E-state index >= 15 is 0 Å². The molecule has 0 aliphatic heterocycles. The summed E-state index contributed by atoms with van der Waals surface area (Å²) in [5.41, 5.74) is 2.47. The number of phenols is 1. The first kappa shape index (κ1) is 24.5. The van der Waals surface area contributed by atoms with Gasteiger partial charge in [-0.15, -0.1) is 0 Å². The van der Waals surface area contributed by atoms with Crippen LogP contribution < -0.4 is 4.74 Å². The van der Waals surface area contributed by atoms with E-state index in [9.17, 15) is 15.0 Å². The van der Waals surface area contributed by atoms with E-state index in [2.05, 4.69) is 65.8 Å². The van der Waals surface area contributed by atoms with Crippen molar-refractivity contribution in [2.45, 2.75) is 78.2 Å². The molecule has 0 aliphatic carbocycles. The van der Waals surface area contributed by atoms with Crippen molar-refractivity contribution in [3.05, 3.63) is 64.7 Å². The van der Waals surface area contributed by atoms with Crippen molar-refractivity contribution in [2.24, 2.45) is 0 Å². The Kier molecular flexibility index (Phi) is 6.94. The van der Waals surface area contributed by atoms with Gasteiger partial charge in [-0.3, -0.25) is 0 Å². The van der Waals surface area contributed by atoms with E-state index in [1.165, 1.54) is 13.8 Å². The molecule has 4 nitrogen and oxygen atoms in total. The summed E-state index contributed by atoms with van der Waals surface area (Å²) >= 11 is 0. The summed E-state index contributed by atoms with van der Waals surface area (Å²) in [6, 6.07) is 11.6. The van der Waals surface area contributed by atoms with Crippen molar-refractivity contribution < 1.29 is 19.7 Å². The molecule has 0 spiro atoms. The van der Waals surface area contributed by atoms with Crippen LogP contribution in [0.4, 0.5) is 0 Å². The summed E-state index contributed by atoms with van der Waals surface area (Å²) in [7, 11) is 0. The Morgan fingerprint density at radius 1 is 0.903 bits per heavy atom. The minimum Gasteiger partial charge on any atom is -0.507 e. The highest BCUT2D eigenvalue weighted by Gasteiger charge is 2.29. The largest absolute Gasteiger partial charge is 0.507 e. The fraction of sp³-hybridized carbons (Fsp3) is 0.444. The Balaban J connectivity index is 2.22. The molecule has 0 atom stereocenters. The van der Waals surface area contributed by atoms with E-state index in [-0.39, 0.29) is 10.8 Å². The van der Waals surface area contributed by atoms with E-state index < -0.39 is 11.6 Å². The van der Waals surface area contributed by atoms with E-state index in [0.717, 1.165) is 28.7 Å². The molecule has 0 saturated carbocycles. The molecule has 0 radical (unpaired) electrons. The van der Waals surface area contributed by atoms with Gasteiger partial charge in [-0.2, -0.15) is 0 Å². The van der Waals surface area contributed by atoms with Crippen LogP contribution in [0.25, 0.3) is 6.08 Å². The quantitative estimate of drug-likeness (QED) is 0.556. The minimum absolute atomic E-state index is 0.159. The minimum atomic E-state index is -1.27. The van der Waals surface area contributed by atoms with Crippen LogP contribution in [0.2, 0.25) is 0 Å². The van der Waals surface area contributed by atoms with Gasteiger partial charge < -0.3 is 14.9 Å². The molecule has 0 amide bonds. The van der Waals surface area contributed by atoms with Gasteiger partial charge in [0.25, 0.3) is 0 Å². The van der Waals surface area contributed by atoms with Crippen LogP contribution in [0.3, 0.4) is 0 Å². The summed E-state index contributed by atoms with van der Waals surface area (Å²) in [6.45, 7) is 15.7. The van der Waals surface area contributed by atoms with Gasteiger partial charge >= 0.3 is 5.97 Å². The van der Waals surface area contributed by atoms with Crippen LogP contribution in [-0.2, 0) is 22.0 Å². The third-order valence-corrected chi connectivity index (χ3v) is 5.22. The number of ether oxygens (including phenoxy) is 1. The average molecular weight is 425 g/mol. The summed E-state index contributed by atoms with van der Waals surface area (Å²) in [4.78, 5) is 11.2. The molecule has 0 bridgehead atoms. The number of hydrogen-bond acceptors (Lipinski definition) is 3. The molecule has 168 valence electrons. The van der Waals surface area contributed by atoms with Gasteiger partial charge in [0.05, 0.1) is 0 Å². The lowest BCUT2D eigenvalue weighted by Gasteiger charge is -2.27. The highest BCUT2D eigenvalue weighted by atomic mass is 16.5. The van der Waals surface area contributed by atoms with Crippen LogP contribution in [0.1, 0.15) is 77.6 Å². The average Bonchev–Trinajstić information content (AvgIpc) is 2.62. The first-order valence-electron chi connectivity index (χ1n) is 10.7. The fourth-order valence-electron chi connectivity index (χ4n) is 3.26. The first-order valence-corrected chi connectivity index (χ1v) is 10.7. The molecule has 2 rings (SSSR count). The molecule has 4 heteroatoms. The van der Waals surface area contributed by atoms with Crippen molar-refractivity contribution in [1.82, 2.24) is 0 Å². The summed E-state index contributed by atoms with van der Waals surface area (Å²) in [5, 5.41) is 20.0. The van der Waals surface area contributed by atoms with Crippen molar-refractivity contribution >= 4 is 12.0 Å². The Labute approximate surface area is 186 Å². The number of rotatable bonds is 6. The predicted molar refractivity (Wildman–Crippen MR) is 127 cm³/mol. The highest BCUT2D eigenvalue weighted by molar-refractivity contribution is 5.76. The van der Waals surface area contributed by atoms with E-state index in [0.29, 0.717) is 11.5 Å². The third kappa shape index (κ3) is 6.36. The molecule has 0 heterocycles. The zero-order valence-corrected chi connectivity index (χ0v) is 20.0.